The zero-order valence-corrected chi connectivity index (χ0v) is 10.5. The van der Waals surface area contributed by atoms with Crippen LogP contribution in [-0.2, 0) is 15.5 Å². The summed E-state index contributed by atoms with van der Waals surface area (Å²) in [6.07, 6.45) is 1.50. The molecule has 0 aromatic carbocycles. The Labute approximate surface area is 94.9 Å². The largest absolute Gasteiger partial charge is 0.391 e. The first-order valence-corrected chi connectivity index (χ1v) is 6.92. The Bertz CT molecular complexity index is 167. The van der Waals surface area contributed by atoms with Crippen LogP contribution in [0.4, 0.5) is 0 Å². The van der Waals surface area contributed by atoms with Gasteiger partial charge in [-0.2, -0.15) is 0 Å². The van der Waals surface area contributed by atoms with Gasteiger partial charge in [0.1, 0.15) is 0 Å². The summed E-state index contributed by atoms with van der Waals surface area (Å²) in [4.78, 5) is 0. The highest BCUT2D eigenvalue weighted by Crippen LogP contribution is 1.94. The molecule has 0 spiro atoms. The average molecular weight is 237 g/mol. The van der Waals surface area contributed by atoms with Crippen molar-refractivity contribution in [2.45, 2.75) is 25.9 Å². The normalized spacial score (nSPS) is 15.1. The smallest absolute Gasteiger partial charge is 0.0779 e. The maximum Gasteiger partial charge on any atom is 0.0779 e. The Kier molecular flexibility index (Phi) is 10.6. The topological polar surface area (TPSA) is 58.6 Å². The molecule has 0 saturated heterocycles. The third-order valence-corrected chi connectivity index (χ3v) is 3.47. The van der Waals surface area contributed by atoms with E-state index in [4.69, 9.17) is 4.74 Å². The van der Waals surface area contributed by atoms with Gasteiger partial charge < -0.3 is 15.2 Å². The number of rotatable bonds is 10. The molecule has 15 heavy (non-hydrogen) atoms. The molecule has 0 aliphatic rings. The van der Waals surface area contributed by atoms with Gasteiger partial charge in [0.25, 0.3) is 0 Å². The molecule has 4 nitrogen and oxygen atoms in total. The lowest BCUT2D eigenvalue weighted by Gasteiger charge is -2.11. The van der Waals surface area contributed by atoms with Crippen LogP contribution >= 0.6 is 0 Å². The first-order chi connectivity index (χ1) is 7.20. The lowest BCUT2D eigenvalue weighted by molar-refractivity contribution is 0.174. The van der Waals surface area contributed by atoms with Crippen LogP contribution in [0.1, 0.15) is 19.8 Å². The predicted molar refractivity (Wildman–Crippen MR) is 63.5 cm³/mol. The molecule has 0 saturated carbocycles. The number of hydrogen-bond acceptors (Lipinski definition) is 4. The molecule has 2 N–H and O–H groups in total. The van der Waals surface area contributed by atoms with Gasteiger partial charge in [0.05, 0.1) is 18.5 Å². The van der Waals surface area contributed by atoms with Crippen molar-refractivity contribution >= 4 is 10.8 Å². The quantitative estimate of drug-likeness (QED) is 0.530. The number of ether oxygens (including phenoxy) is 1. The van der Waals surface area contributed by atoms with Crippen molar-refractivity contribution in [1.82, 2.24) is 5.32 Å². The summed E-state index contributed by atoms with van der Waals surface area (Å²) in [6, 6.07) is 0. The fourth-order valence-electron chi connectivity index (χ4n) is 1.11. The minimum Gasteiger partial charge on any atom is -0.391 e. The molecule has 0 fully saturated rings. The van der Waals surface area contributed by atoms with E-state index in [2.05, 4.69) is 12.2 Å². The zero-order chi connectivity index (χ0) is 11.5. The molecule has 0 radical (unpaired) electrons. The minimum absolute atomic E-state index is 0.375. The van der Waals surface area contributed by atoms with E-state index in [1.54, 1.807) is 7.11 Å². The molecule has 0 aliphatic carbocycles. The van der Waals surface area contributed by atoms with E-state index in [1.165, 1.54) is 0 Å². The highest BCUT2D eigenvalue weighted by atomic mass is 32.2. The third-order valence-electron chi connectivity index (χ3n) is 1.97. The molecule has 5 heteroatoms. The number of aliphatic hydroxyl groups is 1. The minimum atomic E-state index is -0.878. The summed E-state index contributed by atoms with van der Waals surface area (Å²) >= 11 is 0. The summed E-state index contributed by atoms with van der Waals surface area (Å²) in [5.41, 5.74) is 0. The van der Waals surface area contributed by atoms with Crippen LogP contribution in [0.2, 0.25) is 0 Å². The Morgan fingerprint density at radius 1 is 1.53 bits per heavy atom. The van der Waals surface area contributed by atoms with E-state index in [0.29, 0.717) is 24.7 Å². The van der Waals surface area contributed by atoms with Gasteiger partial charge in [0, 0.05) is 36.8 Å². The molecule has 0 aliphatic heterocycles. The van der Waals surface area contributed by atoms with Crippen LogP contribution in [0.5, 0.6) is 0 Å². The van der Waals surface area contributed by atoms with E-state index in [1.807, 2.05) is 0 Å². The molecular formula is C10H23NO3S. The van der Waals surface area contributed by atoms with Gasteiger partial charge in [-0.15, -0.1) is 0 Å². The molecule has 0 amide bonds. The highest BCUT2D eigenvalue weighted by Gasteiger charge is 2.08. The number of aliphatic hydroxyl groups excluding tert-OH is 1. The van der Waals surface area contributed by atoms with Gasteiger partial charge in [-0.3, -0.25) is 4.21 Å². The summed E-state index contributed by atoms with van der Waals surface area (Å²) < 4.78 is 16.3. The van der Waals surface area contributed by atoms with Crippen molar-refractivity contribution in [2.75, 3.05) is 38.3 Å². The Hall–Kier alpha value is 0.0300. The molecule has 2 atom stereocenters. The Morgan fingerprint density at radius 3 is 2.87 bits per heavy atom. The third kappa shape index (κ3) is 10.3. The van der Waals surface area contributed by atoms with Gasteiger partial charge in [-0.1, -0.05) is 13.3 Å². The van der Waals surface area contributed by atoms with Crippen molar-refractivity contribution < 1.29 is 14.1 Å². The lowest BCUT2D eigenvalue weighted by Crippen LogP contribution is -2.33. The number of methoxy groups -OCH3 is 1. The van der Waals surface area contributed by atoms with E-state index < -0.39 is 16.9 Å². The predicted octanol–water partition coefficient (Wildman–Crippen LogP) is 0.132. The molecule has 0 heterocycles. The molecule has 92 valence electrons. The maximum atomic E-state index is 11.4. The van der Waals surface area contributed by atoms with Crippen molar-refractivity contribution in [1.29, 1.82) is 0 Å². The van der Waals surface area contributed by atoms with Crippen molar-refractivity contribution in [3.8, 4) is 0 Å². The van der Waals surface area contributed by atoms with Crippen LogP contribution in [0.15, 0.2) is 0 Å². The SMILES string of the molecule is CCCCS(=O)CC(O)CNCCOC. The molecule has 0 aromatic heterocycles. The van der Waals surface area contributed by atoms with Crippen LogP contribution in [0, 0.1) is 0 Å². The fraction of sp³-hybridized carbons (Fsp3) is 1.00. The molecule has 0 rings (SSSR count). The van der Waals surface area contributed by atoms with Gasteiger partial charge in [0.15, 0.2) is 0 Å². The van der Waals surface area contributed by atoms with Crippen molar-refractivity contribution in [3.05, 3.63) is 0 Å². The molecular weight excluding hydrogens is 214 g/mol. The summed E-state index contributed by atoms with van der Waals surface area (Å²) in [5.74, 6) is 1.08. The average Bonchev–Trinajstić information content (AvgIpc) is 2.21. The number of hydrogen-bond donors (Lipinski definition) is 2. The lowest BCUT2D eigenvalue weighted by atomic mass is 10.4. The zero-order valence-electron chi connectivity index (χ0n) is 9.70. The van der Waals surface area contributed by atoms with Gasteiger partial charge in [0.2, 0.25) is 0 Å². The van der Waals surface area contributed by atoms with Crippen LogP contribution in [0.3, 0.4) is 0 Å². The summed E-state index contributed by atoms with van der Waals surface area (Å²) in [6.45, 7) is 3.90. The van der Waals surface area contributed by atoms with Crippen LogP contribution < -0.4 is 5.32 Å². The second-order valence-corrected chi connectivity index (χ2v) is 5.14. The number of nitrogens with one attached hydrogen (secondary N) is 1. The van der Waals surface area contributed by atoms with Crippen molar-refractivity contribution in [2.24, 2.45) is 0 Å². The van der Waals surface area contributed by atoms with E-state index in [-0.39, 0.29) is 0 Å². The van der Waals surface area contributed by atoms with E-state index in [0.717, 1.165) is 19.4 Å². The first kappa shape index (κ1) is 15.0. The standard InChI is InChI=1S/C10H23NO3S/c1-3-4-7-15(13)9-10(12)8-11-5-6-14-2/h10-12H,3-9H2,1-2H3. The first-order valence-electron chi connectivity index (χ1n) is 5.43. The summed E-state index contributed by atoms with van der Waals surface area (Å²) in [5, 5.41) is 12.6. The molecule has 2 unspecified atom stereocenters. The maximum absolute atomic E-state index is 11.4. The summed E-state index contributed by atoms with van der Waals surface area (Å²) in [7, 11) is 0.758. The fourth-order valence-corrected chi connectivity index (χ4v) is 2.43. The highest BCUT2D eigenvalue weighted by molar-refractivity contribution is 7.85. The second-order valence-electron chi connectivity index (χ2n) is 3.51. The Morgan fingerprint density at radius 2 is 2.27 bits per heavy atom. The monoisotopic (exact) mass is 237 g/mol. The van der Waals surface area contributed by atoms with E-state index >= 15 is 0 Å². The van der Waals surface area contributed by atoms with E-state index in [9.17, 15) is 9.32 Å². The van der Waals surface area contributed by atoms with Gasteiger partial charge in [-0.05, 0) is 6.42 Å². The second kappa shape index (κ2) is 10.5. The van der Waals surface area contributed by atoms with Crippen LogP contribution in [-0.4, -0.2) is 53.7 Å². The van der Waals surface area contributed by atoms with Crippen LogP contribution in [0.25, 0.3) is 0 Å². The Balaban J connectivity index is 3.38. The van der Waals surface area contributed by atoms with Crippen molar-refractivity contribution in [3.63, 3.8) is 0 Å². The van der Waals surface area contributed by atoms with Gasteiger partial charge >= 0.3 is 0 Å². The number of unbranched alkanes of at least 4 members (excludes halogenated alkanes) is 1. The van der Waals surface area contributed by atoms with Gasteiger partial charge in [-0.25, -0.2) is 0 Å². The molecule has 0 bridgehead atoms. The molecule has 0 aromatic rings.